The molecule has 3 aliphatic rings. The van der Waals surface area contributed by atoms with Crippen LogP contribution in [-0.2, 0) is 19.8 Å². The molecule has 7 nitrogen and oxygen atoms in total. The molecule has 0 amide bonds. The first kappa shape index (κ1) is 26.6. The Hall–Kier alpha value is -3.26. The van der Waals surface area contributed by atoms with Gasteiger partial charge in [0, 0.05) is 0 Å². The molecule has 4 aromatic rings. The van der Waals surface area contributed by atoms with Crippen LogP contribution < -0.4 is 10.3 Å². The number of ether oxygens (including phenoxy) is 4. The quantitative estimate of drug-likeness (QED) is 0.207. The molecule has 0 spiro atoms. The topological polar surface area (TPSA) is 71.8 Å². The molecule has 2 saturated heterocycles. The molecule has 0 bridgehead atoms. The van der Waals surface area contributed by atoms with Gasteiger partial charge in [0.2, 0.25) is 0 Å². The van der Waals surface area contributed by atoms with E-state index in [9.17, 15) is 4.79 Å². The van der Waals surface area contributed by atoms with Gasteiger partial charge in [0.15, 0.2) is 0 Å². The van der Waals surface area contributed by atoms with Crippen molar-refractivity contribution in [3.63, 3.8) is 0 Å². The number of rotatable bonds is 8. The molecule has 210 valence electrons. The van der Waals surface area contributed by atoms with Crippen LogP contribution >= 0.6 is 0 Å². The molecule has 4 heterocycles. The summed E-state index contributed by atoms with van der Waals surface area (Å²) >= 11 is 0.0435. The fraction of sp³-hybridized carbons (Fsp3) is 0.333. The maximum absolute atomic E-state index is 12.0. The summed E-state index contributed by atoms with van der Waals surface area (Å²) in [5, 5.41) is 0. The molecule has 8 heteroatoms. The van der Waals surface area contributed by atoms with Crippen LogP contribution in [-0.4, -0.2) is 56.2 Å². The van der Waals surface area contributed by atoms with Gasteiger partial charge in [-0.3, -0.25) is 0 Å². The molecule has 41 heavy (non-hydrogen) atoms. The molecule has 5 atom stereocenters. The zero-order chi connectivity index (χ0) is 27.6. The Morgan fingerprint density at radius 1 is 0.878 bits per heavy atom. The number of benzene rings is 3. The van der Waals surface area contributed by atoms with E-state index < -0.39 is 5.60 Å². The summed E-state index contributed by atoms with van der Waals surface area (Å²) < 4.78 is 28.2. The first-order chi connectivity index (χ1) is 20.2. The third-order valence-electron chi connectivity index (χ3n) is 8.06. The van der Waals surface area contributed by atoms with Gasteiger partial charge in [-0.2, -0.15) is 0 Å². The van der Waals surface area contributed by atoms with Gasteiger partial charge >= 0.3 is 246 Å². The standard InChI is InChI=1S/C33H32N2O5Se/c36-27-19-20-35-31-30(40-32(35)34-27)29(39-28-18-10-11-21-37-28)26(41-31)22-38-33(23-12-4-1-5-13-23,24-14-6-2-7-15-24)25-16-8-3-9-17-25/h1-9,12-17,19-20,26,28-31H,10-11,18,21-22H2/t26-,28?,29-,30+,31-/m1/s1. The zero-order valence-corrected chi connectivity index (χ0v) is 24.3. The van der Waals surface area contributed by atoms with Crippen LogP contribution in [0.15, 0.2) is 108 Å². The molecule has 2 fully saturated rings. The molecular formula is C33H32N2O5Se. The van der Waals surface area contributed by atoms with Gasteiger partial charge < -0.3 is 0 Å². The predicted octanol–water partition coefficient (Wildman–Crippen LogP) is 4.93. The number of aromatic nitrogens is 2. The van der Waals surface area contributed by atoms with Crippen LogP contribution in [0.2, 0.25) is 4.82 Å². The SMILES string of the molecule is O=c1ccn2c(n1)O[C@H]1[C@H](OC3CCCCO3)[C@@H](COC(c3ccccc3)(c3ccccc3)c3ccccc3)[Se][C@H]12. The van der Waals surface area contributed by atoms with Crippen molar-refractivity contribution in [2.75, 3.05) is 13.2 Å². The van der Waals surface area contributed by atoms with Gasteiger partial charge in [-0.25, -0.2) is 0 Å². The van der Waals surface area contributed by atoms with Crippen molar-refractivity contribution in [1.29, 1.82) is 0 Å². The summed E-state index contributed by atoms with van der Waals surface area (Å²) in [7, 11) is 0. The van der Waals surface area contributed by atoms with Crippen molar-refractivity contribution in [3.05, 3.63) is 130 Å². The van der Waals surface area contributed by atoms with E-state index in [1.807, 2.05) is 22.8 Å². The minimum absolute atomic E-state index is 0.0435. The number of nitrogens with zero attached hydrogens (tertiary/aromatic N) is 2. The average molecular weight is 616 g/mol. The van der Waals surface area contributed by atoms with Crippen LogP contribution in [0.5, 0.6) is 6.01 Å². The summed E-state index contributed by atoms with van der Waals surface area (Å²) in [6, 6.07) is 33.2. The van der Waals surface area contributed by atoms with Gasteiger partial charge in [0.25, 0.3) is 0 Å². The van der Waals surface area contributed by atoms with E-state index in [1.165, 1.54) is 6.07 Å². The van der Waals surface area contributed by atoms with Crippen molar-refractivity contribution in [2.45, 2.75) is 53.1 Å². The second-order valence-electron chi connectivity index (χ2n) is 10.6. The predicted molar refractivity (Wildman–Crippen MR) is 155 cm³/mol. The number of hydrogen-bond acceptors (Lipinski definition) is 6. The first-order valence-corrected chi connectivity index (χ1v) is 16.2. The van der Waals surface area contributed by atoms with Crippen molar-refractivity contribution >= 4 is 15.0 Å². The molecule has 7 rings (SSSR count). The summed E-state index contributed by atoms with van der Waals surface area (Å²) in [6.45, 7) is 1.17. The first-order valence-electron chi connectivity index (χ1n) is 14.2. The van der Waals surface area contributed by atoms with Crippen LogP contribution in [0.4, 0.5) is 0 Å². The van der Waals surface area contributed by atoms with Gasteiger partial charge in [-0.05, 0) is 0 Å². The van der Waals surface area contributed by atoms with E-state index >= 15 is 0 Å². The number of hydrogen-bond donors (Lipinski definition) is 0. The van der Waals surface area contributed by atoms with Gasteiger partial charge in [0.05, 0.1) is 0 Å². The van der Waals surface area contributed by atoms with E-state index in [2.05, 4.69) is 77.8 Å². The molecule has 0 N–H and O–H groups in total. The van der Waals surface area contributed by atoms with Crippen molar-refractivity contribution in [2.24, 2.45) is 0 Å². The van der Waals surface area contributed by atoms with Crippen molar-refractivity contribution in [1.82, 2.24) is 9.55 Å². The Balaban J connectivity index is 1.26. The number of fused-ring (bicyclic) bond motifs is 3. The van der Waals surface area contributed by atoms with Crippen LogP contribution in [0.3, 0.4) is 0 Å². The molecule has 1 unspecified atom stereocenters. The summed E-state index contributed by atoms with van der Waals surface area (Å²) in [5.41, 5.74) is 2.10. The molecule has 0 radical (unpaired) electrons. The Labute approximate surface area is 245 Å². The third-order valence-corrected chi connectivity index (χ3v) is 11.3. The summed E-state index contributed by atoms with van der Waals surface area (Å²) in [5.74, 6) is 0. The Kier molecular flexibility index (Phi) is 7.50. The van der Waals surface area contributed by atoms with Crippen LogP contribution in [0.1, 0.15) is 40.9 Å². The van der Waals surface area contributed by atoms with Crippen molar-refractivity contribution < 1.29 is 18.9 Å². The van der Waals surface area contributed by atoms with E-state index in [4.69, 9.17) is 18.9 Å². The maximum atomic E-state index is 12.0. The zero-order valence-electron chi connectivity index (χ0n) is 22.6. The molecule has 0 aliphatic carbocycles. The normalized spacial score (nSPS) is 25.3. The molecule has 3 aromatic carbocycles. The molecule has 1 aromatic heterocycles. The monoisotopic (exact) mass is 616 g/mol. The molecular weight excluding hydrogens is 583 g/mol. The van der Waals surface area contributed by atoms with Crippen molar-refractivity contribution in [3.8, 4) is 6.01 Å². The molecule has 3 aliphatic heterocycles. The molecule has 0 saturated carbocycles. The second-order valence-corrected chi connectivity index (χ2v) is 13.4. The van der Waals surface area contributed by atoms with Gasteiger partial charge in [-0.15, -0.1) is 0 Å². The summed E-state index contributed by atoms with van der Waals surface area (Å²) in [4.78, 5) is 16.2. The fourth-order valence-corrected chi connectivity index (χ4v) is 9.35. The van der Waals surface area contributed by atoms with Gasteiger partial charge in [-0.1, -0.05) is 0 Å². The van der Waals surface area contributed by atoms with E-state index in [-0.39, 0.29) is 48.8 Å². The van der Waals surface area contributed by atoms with Crippen LogP contribution in [0.25, 0.3) is 0 Å². The van der Waals surface area contributed by atoms with Gasteiger partial charge in [0.1, 0.15) is 0 Å². The third kappa shape index (κ3) is 5.05. The van der Waals surface area contributed by atoms with Crippen LogP contribution in [0, 0.1) is 0 Å². The average Bonchev–Trinajstić information content (AvgIpc) is 3.55. The van der Waals surface area contributed by atoms with E-state index in [0.29, 0.717) is 19.2 Å². The van der Waals surface area contributed by atoms with E-state index in [0.717, 1.165) is 36.0 Å². The fourth-order valence-electron chi connectivity index (χ4n) is 6.13. The summed E-state index contributed by atoms with van der Waals surface area (Å²) in [6.07, 6.45) is 4.02. The second kappa shape index (κ2) is 11.6. The van der Waals surface area contributed by atoms with E-state index in [1.54, 1.807) is 6.20 Å². The Morgan fingerprint density at radius 3 is 2.10 bits per heavy atom. The Morgan fingerprint density at radius 2 is 1.51 bits per heavy atom. The Bertz CT molecular complexity index is 1410. The minimum atomic E-state index is -0.811.